The third-order valence-corrected chi connectivity index (χ3v) is 22.4. The summed E-state index contributed by atoms with van der Waals surface area (Å²) in [7, 11) is 0. The largest absolute Gasteiger partial charge is 0.456 e. The van der Waals surface area contributed by atoms with Gasteiger partial charge in [0.2, 0.25) is 0 Å². The van der Waals surface area contributed by atoms with Crippen LogP contribution in [0.4, 0.5) is 34.1 Å². The summed E-state index contributed by atoms with van der Waals surface area (Å²) < 4.78 is 18.9. The molecule has 0 atom stereocenters. The Bertz CT molecular complexity index is 7330. The molecule has 0 aliphatic rings. The van der Waals surface area contributed by atoms with Crippen molar-refractivity contribution in [3.05, 3.63) is 400 Å². The first-order valence-electron chi connectivity index (χ1n) is 37.6. The Morgan fingerprint density at radius 3 is 1.25 bits per heavy atom. The van der Waals surface area contributed by atoms with Crippen molar-refractivity contribution in [1.29, 1.82) is 0 Å². The first kappa shape index (κ1) is 62.6. The quantitative estimate of drug-likeness (QED) is 0.115. The van der Waals surface area contributed by atoms with Crippen LogP contribution in [0.3, 0.4) is 0 Å². The summed E-state index contributed by atoms with van der Waals surface area (Å²) >= 11 is 0. The van der Waals surface area contributed by atoms with Crippen LogP contribution in [0.5, 0.6) is 0 Å². The van der Waals surface area contributed by atoms with E-state index in [1.807, 2.05) is 6.07 Å². The molecule has 0 N–H and O–H groups in total. The number of anilines is 6. The second kappa shape index (κ2) is 25.5. The van der Waals surface area contributed by atoms with Crippen LogP contribution in [0.1, 0.15) is 0 Å². The Kier molecular flexibility index (Phi) is 14.5. The Balaban J connectivity index is 0.668. The van der Waals surface area contributed by atoms with Crippen molar-refractivity contribution in [1.82, 2.24) is 9.13 Å². The van der Waals surface area contributed by atoms with E-state index in [-0.39, 0.29) is 0 Å². The van der Waals surface area contributed by atoms with Gasteiger partial charge < -0.3 is 27.8 Å². The minimum Gasteiger partial charge on any atom is -0.456 e. The maximum Gasteiger partial charge on any atom is 0.159 e. The molecular weight excluding hydrogens is 1340 g/mol. The predicted molar refractivity (Wildman–Crippen MR) is 461 cm³/mol. The van der Waals surface area contributed by atoms with Crippen molar-refractivity contribution in [2.75, 3.05) is 9.80 Å². The molecule has 22 rings (SSSR count). The average molecular weight is 1400 g/mol. The van der Waals surface area contributed by atoms with Crippen molar-refractivity contribution in [3.8, 4) is 67.0 Å². The summed E-state index contributed by atoms with van der Waals surface area (Å²) in [6.45, 7) is 0. The average Bonchev–Trinajstić information content (AvgIpc) is 1.58. The maximum atomic E-state index is 7.34. The number of para-hydroxylation sites is 6. The molecule has 0 fully saturated rings. The van der Waals surface area contributed by atoms with E-state index in [4.69, 9.17) is 8.83 Å². The summed E-state index contributed by atoms with van der Waals surface area (Å²) in [5.41, 5.74) is 27.3. The van der Waals surface area contributed by atoms with Gasteiger partial charge in [-0.1, -0.05) is 273 Å². The number of hydrogen-bond donors (Lipinski definition) is 0. The van der Waals surface area contributed by atoms with Crippen LogP contribution in [0.15, 0.2) is 409 Å². The molecule has 0 bridgehead atoms. The maximum absolute atomic E-state index is 7.34. The van der Waals surface area contributed by atoms with Crippen LogP contribution < -0.4 is 9.80 Å². The number of nitrogens with zero attached hydrogens (tertiary/aromatic N) is 4. The van der Waals surface area contributed by atoms with Crippen LogP contribution in [-0.2, 0) is 0 Å². The second-order valence-corrected chi connectivity index (χ2v) is 28.6. The minimum atomic E-state index is 0.792. The lowest BCUT2D eigenvalue weighted by atomic mass is 9.95. The first-order chi connectivity index (χ1) is 54.6. The Labute approximate surface area is 634 Å². The molecule has 514 valence electrons. The lowest BCUT2D eigenvalue weighted by molar-refractivity contribution is 0.668. The molecule has 6 nitrogen and oxygen atoms in total. The van der Waals surface area contributed by atoms with E-state index >= 15 is 0 Å². The number of hydrogen-bond acceptors (Lipinski definition) is 4. The molecule has 4 aromatic heterocycles. The molecule has 22 aromatic rings. The predicted octanol–water partition coefficient (Wildman–Crippen LogP) is 29.3. The van der Waals surface area contributed by atoms with Gasteiger partial charge in [-0.25, -0.2) is 0 Å². The summed E-state index contributed by atoms with van der Waals surface area (Å²) in [6, 6.07) is 146. The smallest absolute Gasteiger partial charge is 0.159 e. The molecule has 18 aromatic carbocycles. The van der Waals surface area contributed by atoms with Gasteiger partial charge in [0.05, 0.1) is 39.1 Å². The van der Waals surface area contributed by atoms with Gasteiger partial charge in [0, 0.05) is 88.7 Å². The molecular formula is C104H66N4O2. The Morgan fingerprint density at radius 1 is 0.209 bits per heavy atom. The highest BCUT2D eigenvalue weighted by atomic mass is 16.3. The highest BCUT2D eigenvalue weighted by molar-refractivity contribution is 6.18. The first-order valence-corrected chi connectivity index (χ1v) is 37.6. The SMILES string of the molecule is c1ccc(-c2cccc(N(c3cccc(-c4c(-n5c6ccccc6c6ccccc65)ccc5ccccc45)c3)c3cccc4c3oc3cccc(-c5cccc(-c6cccc(N(c7ccc(-c8c(-n9c%10ccccc%10c%10ccccc%109)ccc9ccccc89)cc7)c7ccc8c(c7)oc7ccccc78)c6)c5)c34)c2)cc1. The van der Waals surface area contributed by atoms with Crippen LogP contribution >= 0.6 is 0 Å². The topological polar surface area (TPSA) is 42.6 Å². The van der Waals surface area contributed by atoms with Gasteiger partial charge in [0.1, 0.15) is 16.7 Å². The molecule has 110 heavy (non-hydrogen) atoms. The molecule has 0 unspecified atom stereocenters. The molecule has 0 saturated carbocycles. The molecule has 0 saturated heterocycles. The van der Waals surface area contributed by atoms with E-state index < -0.39 is 0 Å². The second-order valence-electron chi connectivity index (χ2n) is 28.6. The highest BCUT2D eigenvalue weighted by Gasteiger charge is 2.26. The molecule has 0 aliphatic carbocycles. The van der Waals surface area contributed by atoms with E-state index in [0.717, 1.165) is 150 Å². The van der Waals surface area contributed by atoms with Crippen LogP contribution in [0.2, 0.25) is 0 Å². The number of aromatic nitrogens is 2. The fraction of sp³-hybridized carbons (Fsp3) is 0. The standard InChI is InChI=1S/C104H66N4O2/c1-2-24-67(25-3-1)72-29-19-34-78(63-72)106(79-35-21-32-75(65-79)102-82-37-7-5-27-69(82)55-61-96(102)108-93-47-15-10-40-86(93)87-41-11-16-48-94(87)108)97-49-22-44-90-103-83(43-23-51-99(103)110-104(90)97)74-31-18-28-71(62-74)73-30-20-33-77(64-73)105(80-58-59-89-88-42-12-17-50-98(88)109-100(89)66-80)76-56-52-70(53-57-76)101-81-36-6-4-26-68(81)54-60-95(101)107-91-45-13-8-38-84(91)85-39-9-14-46-92(85)107/h1-66H. The van der Waals surface area contributed by atoms with E-state index in [2.05, 4.69) is 413 Å². The fourth-order valence-electron chi connectivity index (χ4n) is 17.6. The van der Waals surface area contributed by atoms with E-state index in [1.54, 1.807) is 0 Å². The minimum absolute atomic E-state index is 0.792. The van der Waals surface area contributed by atoms with Crippen LogP contribution in [0.25, 0.3) is 176 Å². The summed E-state index contributed by atoms with van der Waals surface area (Å²) in [5, 5.41) is 13.9. The van der Waals surface area contributed by atoms with E-state index in [0.29, 0.717) is 0 Å². The van der Waals surface area contributed by atoms with Gasteiger partial charge in [0.15, 0.2) is 5.58 Å². The Hall–Kier alpha value is -14.7. The molecule has 0 spiro atoms. The third-order valence-electron chi connectivity index (χ3n) is 22.4. The molecule has 4 heterocycles. The van der Waals surface area contributed by atoms with Gasteiger partial charge in [-0.05, 0) is 187 Å². The zero-order valence-corrected chi connectivity index (χ0v) is 59.7. The van der Waals surface area contributed by atoms with Gasteiger partial charge in [0.25, 0.3) is 0 Å². The van der Waals surface area contributed by atoms with Crippen molar-refractivity contribution in [3.63, 3.8) is 0 Å². The van der Waals surface area contributed by atoms with Crippen molar-refractivity contribution < 1.29 is 8.83 Å². The number of benzene rings is 18. The number of furan rings is 2. The van der Waals surface area contributed by atoms with Crippen LogP contribution in [0, 0.1) is 0 Å². The fourth-order valence-corrected chi connectivity index (χ4v) is 17.6. The lowest BCUT2D eigenvalue weighted by Gasteiger charge is -2.27. The zero-order valence-electron chi connectivity index (χ0n) is 59.7. The molecule has 6 heteroatoms. The molecule has 0 amide bonds. The lowest BCUT2D eigenvalue weighted by Crippen LogP contribution is -2.10. The third kappa shape index (κ3) is 10.2. The molecule has 0 aliphatic heterocycles. The van der Waals surface area contributed by atoms with Crippen molar-refractivity contribution >= 4 is 143 Å². The summed E-state index contributed by atoms with van der Waals surface area (Å²) in [6.07, 6.45) is 0. The molecule has 0 radical (unpaired) electrons. The normalized spacial score (nSPS) is 11.8. The van der Waals surface area contributed by atoms with E-state index in [9.17, 15) is 0 Å². The highest BCUT2D eigenvalue weighted by Crippen LogP contribution is 2.50. The van der Waals surface area contributed by atoms with Crippen LogP contribution in [-0.4, -0.2) is 9.13 Å². The zero-order chi connectivity index (χ0) is 72.3. The number of fused-ring (bicyclic) bond motifs is 14. The van der Waals surface area contributed by atoms with Gasteiger partial charge in [-0.3, -0.25) is 0 Å². The summed E-state index contributed by atoms with van der Waals surface area (Å²) in [4.78, 5) is 4.75. The Morgan fingerprint density at radius 2 is 0.627 bits per heavy atom. The number of rotatable bonds is 13. The van der Waals surface area contributed by atoms with E-state index in [1.165, 1.54) is 59.7 Å². The van der Waals surface area contributed by atoms with Crippen molar-refractivity contribution in [2.24, 2.45) is 0 Å². The van der Waals surface area contributed by atoms with Gasteiger partial charge in [-0.15, -0.1) is 0 Å². The van der Waals surface area contributed by atoms with Crippen molar-refractivity contribution in [2.45, 2.75) is 0 Å². The van der Waals surface area contributed by atoms with Gasteiger partial charge in [-0.2, -0.15) is 0 Å². The monoisotopic (exact) mass is 1400 g/mol. The van der Waals surface area contributed by atoms with Gasteiger partial charge >= 0.3 is 0 Å². The summed E-state index contributed by atoms with van der Waals surface area (Å²) in [5.74, 6) is 0.